The minimum absolute atomic E-state index is 0.254. The molecule has 0 saturated heterocycles. The molecule has 2 nitrogen and oxygen atoms in total. The molecule has 0 aromatic heterocycles. The van der Waals surface area contributed by atoms with Crippen LogP contribution in [0, 0.1) is 0 Å². The summed E-state index contributed by atoms with van der Waals surface area (Å²) in [4.78, 5) is 11.3. The van der Waals surface area contributed by atoms with Crippen LogP contribution in [0.15, 0.2) is 24.3 Å². The molecule has 1 N–H and O–H groups in total. The molecule has 6 heteroatoms. The third-order valence-corrected chi connectivity index (χ3v) is 2.30. The third-order valence-electron chi connectivity index (χ3n) is 2.03. The Morgan fingerprint density at radius 2 is 1.82 bits per heavy atom. The van der Waals surface area contributed by atoms with Crippen molar-refractivity contribution in [3.63, 3.8) is 0 Å². The highest BCUT2D eigenvalue weighted by Crippen LogP contribution is 2.29. The van der Waals surface area contributed by atoms with Gasteiger partial charge in [0.1, 0.15) is 0 Å². The summed E-state index contributed by atoms with van der Waals surface area (Å²) >= 11 is 5.41. The van der Waals surface area contributed by atoms with Crippen molar-refractivity contribution in [2.45, 2.75) is 19.0 Å². The number of halogens is 4. The molecule has 1 amide bonds. The van der Waals surface area contributed by atoms with Gasteiger partial charge in [0.05, 0.1) is 5.56 Å². The number of benzene rings is 1. The molecule has 0 aliphatic rings. The van der Waals surface area contributed by atoms with Gasteiger partial charge in [-0.2, -0.15) is 13.2 Å². The molecule has 1 aromatic rings. The van der Waals surface area contributed by atoms with Gasteiger partial charge in [-0.05, 0) is 30.7 Å². The van der Waals surface area contributed by atoms with E-state index < -0.39 is 11.7 Å². The van der Waals surface area contributed by atoms with Gasteiger partial charge in [-0.15, -0.1) is 11.6 Å². The minimum Gasteiger partial charge on any atom is -0.326 e. The van der Waals surface area contributed by atoms with Crippen molar-refractivity contribution < 1.29 is 18.0 Å². The van der Waals surface area contributed by atoms with Gasteiger partial charge in [-0.25, -0.2) is 0 Å². The largest absolute Gasteiger partial charge is 0.416 e. The normalized spacial score (nSPS) is 11.3. The molecule has 0 unspecified atom stereocenters. The van der Waals surface area contributed by atoms with Crippen molar-refractivity contribution in [1.82, 2.24) is 0 Å². The monoisotopic (exact) mass is 265 g/mol. The molecule has 0 heterocycles. The maximum Gasteiger partial charge on any atom is 0.416 e. The Bertz CT molecular complexity index is 375. The molecule has 1 rings (SSSR count). The number of rotatable bonds is 4. The van der Waals surface area contributed by atoms with Crippen LogP contribution in [0.5, 0.6) is 0 Å². The van der Waals surface area contributed by atoms with E-state index in [1.54, 1.807) is 0 Å². The lowest BCUT2D eigenvalue weighted by Crippen LogP contribution is -2.11. The molecule has 0 aliphatic heterocycles. The topological polar surface area (TPSA) is 29.1 Å². The molecule has 0 saturated carbocycles. The first-order valence-electron chi connectivity index (χ1n) is 4.96. The van der Waals surface area contributed by atoms with Gasteiger partial charge in [0.15, 0.2) is 0 Å². The number of nitrogens with one attached hydrogen (secondary N) is 1. The number of carbonyl (C=O) groups excluding carboxylic acids is 1. The predicted molar refractivity (Wildman–Crippen MR) is 60.0 cm³/mol. The first-order valence-corrected chi connectivity index (χ1v) is 5.50. The van der Waals surface area contributed by atoms with Gasteiger partial charge < -0.3 is 5.32 Å². The van der Waals surface area contributed by atoms with Crippen LogP contribution in [-0.2, 0) is 11.0 Å². The van der Waals surface area contributed by atoms with Gasteiger partial charge in [0, 0.05) is 18.0 Å². The summed E-state index contributed by atoms with van der Waals surface area (Å²) in [5.74, 6) is 0.117. The van der Waals surface area contributed by atoms with Gasteiger partial charge in [0.2, 0.25) is 5.91 Å². The van der Waals surface area contributed by atoms with Crippen LogP contribution in [0.3, 0.4) is 0 Å². The van der Waals surface area contributed by atoms with Crippen molar-refractivity contribution in [1.29, 1.82) is 0 Å². The zero-order valence-corrected chi connectivity index (χ0v) is 9.61. The van der Waals surface area contributed by atoms with Crippen molar-refractivity contribution >= 4 is 23.2 Å². The number of anilines is 1. The maximum atomic E-state index is 12.2. The van der Waals surface area contributed by atoms with E-state index in [0.717, 1.165) is 12.1 Å². The molecule has 17 heavy (non-hydrogen) atoms. The zero-order valence-electron chi connectivity index (χ0n) is 8.85. The SMILES string of the molecule is O=C(CCCCl)Nc1ccc(C(F)(F)F)cc1. The van der Waals surface area contributed by atoms with Crippen molar-refractivity contribution in [3.8, 4) is 0 Å². The highest BCUT2D eigenvalue weighted by atomic mass is 35.5. The lowest BCUT2D eigenvalue weighted by molar-refractivity contribution is -0.137. The molecule has 0 aliphatic carbocycles. The number of amides is 1. The highest BCUT2D eigenvalue weighted by molar-refractivity contribution is 6.18. The number of hydrogen-bond donors (Lipinski definition) is 1. The minimum atomic E-state index is -4.36. The van der Waals surface area contributed by atoms with Crippen LogP contribution in [0.1, 0.15) is 18.4 Å². The van der Waals surface area contributed by atoms with Crippen LogP contribution in [0.25, 0.3) is 0 Å². The fourth-order valence-electron chi connectivity index (χ4n) is 1.19. The molecular weight excluding hydrogens is 255 g/mol. The molecule has 1 aromatic carbocycles. The Balaban J connectivity index is 2.60. The molecule has 0 atom stereocenters. The molecular formula is C11H11ClF3NO. The Morgan fingerprint density at radius 3 is 2.29 bits per heavy atom. The summed E-state index contributed by atoms with van der Waals surface area (Å²) in [7, 11) is 0. The van der Waals surface area contributed by atoms with Crippen LogP contribution in [0.2, 0.25) is 0 Å². The lowest BCUT2D eigenvalue weighted by atomic mass is 10.2. The first-order chi connectivity index (χ1) is 7.93. The van der Waals surface area contributed by atoms with Crippen LogP contribution in [-0.4, -0.2) is 11.8 Å². The number of hydrogen-bond acceptors (Lipinski definition) is 1. The maximum absolute atomic E-state index is 12.2. The Labute approximate surface area is 102 Å². The van der Waals surface area contributed by atoms with Crippen LogP contribution < -0.4 is 5.32 Å². The second-order valence-corrected chi connectivity index (χ2v) is 3.79. The van der Waals surface area contributed by atoms with Crippen LogP contribution in [0.4, 0.5) is 18.9 Å². The molecule has 94 valence electrons. The van der Waals surface area contributed by atoms with Gasteiger partial charge >= 0.3 is 6.18 Å². The zero-order chi connectivity index (χ0) is 12.9. The van der Waals surface area contributed by atoms with E-state index >= 15 is 0 Å². The molecule has 0 spiro atoms. The second kappa shape index (κ2) is 5.91. The number of carbonyl (C=O) groups is 1. The van der Waals surface area contributed by atoms with E-state index in [1.807, 2.05) is 0 Å². The fraction of sp³-hybridized carbons (Fsp3) is 0.364. The Hall–Kier alpha value is -1.23. The van der Waals surface area contributed by atoms with Crippen molar-refractivity contribution in [2.24, 2.45) is 0 Å². The summed E-state index contributed by atoms with van der Waals surface area (Å²) in [6.45, 7) is 0. The van der Waals surface area contributed by atoms with E-state index in [-0.39, 0.29) is 12.3 Å². The standard InChI is InChI=1S/C11H11ClF3NO/c12-7-1-2-10(17)16-9-5-3-8(4-6-9)11(13,14)15/h3-6H,1-2,7H2,(H,16,17). The summed E-state index contributed by atoms with van der Waals surface area (Å²) in [6.07, 6.45) is -3.57. The summed E-state index contributed by atoms with van der Waals surface area (Å²) < 4.78 is 36.7. The lowest BCUT2D eigenvalue weighted by Gasteiger charge is -2.08. The summed E-state index contributed by atoms with van der Waals surface area (Å²) in [6, 6.07) is 4.30. The van der Waals surface area contributed by atoms with E-state index in [4.69, 9.17) is 11.6 Å². The average molecular weight is 266 g/mol. The summed E-state index contributed by atoms with van der Waals surface area (Å²) in [5, 5.41) is 2.49. The predicted octanol–water partition coefficient (Wildman–Crippen LogP) is 3.66. The quantitative estimate of drug-likeness (QED) is 0.827. The van der Waals surface area contributed by atoms with E-state index in [1.165, 1.54) is 12.1 Å². The van der Waals surface area contributed by atoms with Gasteiger partial charge in [-0.3, -0.25) is 4.79 Å². The van der Waals surface area contributed by atoms with Gasteiger partial charge in [-0.1, -0.05) is 0 Å². The Morgan fingerprint density at radius 1 is 1.24 bits per heavy atom. The van der Waals surface area contributed by atoms with Gasteiger partial charge in [0.25, 0.3) is 0 Å². The van der Waals surface area contributed by atoms with Crippen LogP contribution >= 0.6 is 11.6 Å². The highest BCUT2D eigenvalue weighted by Gasteiger charge is 2.29. The molecule has 0 bridgehead atoms. The second-order valence-electron chi connectivity index (χ2n) is 3.42. The van der Waals surface area contributed by atoms with Crippen molar-refractivity contribution in [2.75, 3.05) is 11.2 Å². The first kappa shape index (κ1) is 13.8. The Kier molecular flexibility index (Phi) is 4.81. The molecule has 0 fully saturated rings. The van der Waals surface area contributed by atoms with Crippen molar-refractivity contribution in [3.05, 3.63) is 29.8 Å². The van der Waals surface area contributed by atoms with E-state index in [0.29, 0.717) is 18.0 Å². The average Bonchev–Trinajstić information content (AvgIpc) is 2.26. The van der Waals surface area contributed by atoms with E-state index in [2.05, 4.69) is 5.32 Å². The summed E-state index contributed by atoms with van der Waals surface area (Å²) in [5.41, 5.74) is -0.395. The smallest absolute Gasteiger partial charge is 0.326 e. The third kappa shape index (κ3) is 4.65. The fourth-order valence-corrected chi connectivity index (χ4v) is 1.33. The van der Waals surface area contributed by atoms with E-state index in [9.17, 15) is 18.0 Å². The number of alkyl halides is 4. The molecule has 0 radical (unpaired) electrons.